The molecule has 4 heteroatoms. The van der Waals surface area contributed by atoms with E-state index in [0.717, 1.165) is 0 Å². The van der Waals surface area contributed by atoms with Crippen LogP contribution >= 0.6 is 0 Å². The molecule has 78 valence electrons. The van der Waals surface area contributed by atoms with Crippen LogP contribution in [0.15, 0.2) is 12.3 Å². The van der Waals surface area contributed by atoms with Crippen LogP contribution in [0.5, 0.6) is 0 Å². The van der Waals surface area contributed by atoms with Crippen LogP contribution in [0, 0.1) is 12.9 Å². The number of esters is 1. The lowest BCUT2D eigenvalue weighted by Gasteiger charge is -2.02. The van der Waals surface area contributed by atoms with E-state index in [2.05, 4.69) is 9.72 Å². The van der Waals surface area contributed by atoms with Crippen LogP contribution in [0.1, 0.15) is 29.8 Å². The molecule has 0 aliphatic rings. The van der Waals surface area contributed by atoms with Crippen molar-refractivity contribution in [2.24, 2.45) is 0 Å². The molecule has 0 aromatic carbocycles. The third-order valence-corrected chi connectivity index (χ3v) is 1.50. The lowest BCUT2D eigenvalue weighted by Crippen LogP contribution is -2.08. The van der Waals surface area contributed by atoms with Gasteiger partial charge in [0.25, 0.3) is 0 Å². The standard InChI is InChI=1S/C8H8FNO2.C2H6/c1-5-3-4-10-7(9)6(5)8(11)12-2;1-2/h3-4H,1-2H3;1-2H3. The predicted octanol–water partition coefficient (Wildman–Crippen LogP) is 2.34. The highest BCUT2D eigenvalue weighted by molar-refractivity contribution is 5.90. The number of carbonyl (C=O) groups is 1. The Balaban J connectivity index is 0.000000791. The van der Waals surface area contributed by atoms with E-state index in [0.29, 0.717) is 5.56 Å². The minimum absolute atomic E-state index is 0.0972. The number of ether oxygens (including phenoxy) is 1. The molecule has 1 heterocycles. The number of halogens is 1. The van der Waals surface area contributed by atoms with Gasteiger partial charge in [-0.1, -0.05) is 13.8 Å². The summed E-state index contributed by atoms with van der Waals surface area (Å²) in [6, 6.07) is 1.55. The summed E-state index contributed by atoms with van der Waals surface area (Å²) in [5.74, 6) is -1.49. The molecule has 0 spiro atoms. The Bertz CT molecular complexity index is 293. The van der Waals surface area contributed by atoms with Gasteiger partial charge in [-0.2, -0.15) is 4.39 Å². The molecule has 0 atom stereocenters. The first-order chi connectivity index (χ1) is 6.66. The molecule has 0 fully saturated rings. The van der Waals surface area contributed by atoms with Crippen molar-refractivity contribution in [3.05, 3.63) is 29.3 Å². The summed E-state index contributed by atoms with van der Waals surface area (Å²) in [5, 5.41) is 0. The summed E-state index contributed by atoms with van der Waals surface area (Å²) in [7, 11) is 1.20. The van der Waals surface area contributed by atoms with E-state index in [-0.39, 0.29) is 5.56 Å². The highest BCUT2D eigenvalue weighted by Gasteiger charge is 2.15. The van der Waals surface area contributed by atoms with Gasteiger partial charge in [0.15, 0.2) is 0 Å². The van der Waals surface area contributed by atoms with Crippen LogP contribution in [0.3, 0.4) is 0 Å². The Hall–Kier alpha value is -1.45. The number of aromatic nitrogens is 1. The van der Waals surface area contributed by atoms with Crippen molar-refractivity contribution in [3.63, 3.8) is 0 Å². The second kappa shape index (κ2) is 6.07. The largest absolute Gasteiger partial charge is 0.465 e. The second-order valence-corrected chi connectivity index (χ2v) is 2.29. The number of rotatable bonds is 1. The SMILES string of the molecule is CC.COC(=O)c1c(C)ccnc1F. The summed E-state index contributed by atoms with van der Waals surface area (Å²) in [6.07, 6.45) is 1.30. The molecule has 0 amide bonds. The van der Waals surface area contributed by atoms with E-state index in [9.17, 15) is 9.18 Å². The highest BCUT2D eigenvalue weighted by Crippen LogP contribution is 2.10. The van der Waals surface area contributed by atoms with E-state index in [1.54, 1.807) is 13.0 Å². The summed E-state index contributed by atoms with van der Waals surface area (Å²) in [4.78, 5) is 14.3. The zero-order valence-electron chi connectivity index (χ0n) is 8.80. The monoisotopic (exact) mass is 199 g/mol. The lowest BCUT2D eigenvalue weighted by atomic mass is 10.1. The lowest BCUT2D eigenvalue weighted by molar-refractivity contribution is 0.0593. The van der Waals surface area contributed by atoms with Gasteiger partial charge in [-0.25, -0.2) is 9.78 Å². The summed E-state index contributed by atoms with van der Waals surface area (Å²) in [5.41, 5.74) is 0.425. The number of nitrogens with zero attached hydrogens (tertiary/aromatic N) is 1. The molecule has 3 nitrogen and oxygen atoms in total. The van der Waals surface area contributed by atoms with Crippen molar-refractivity contribution in [1.82, 2.24) is 4.98 Å². The molecule has 1 aromatic rings. The maximum absolute atomic E-state index is 12.9. The highest BCUT2D eigenvalue weighted by atomic mass is 19.1. The van der Waals surface area contributed by atoms with Gasteiger partial charge in [0.1, 0.15) is 5.56 Å². The molecule has 0 N–H and O–H groups in total. The van der Waals surface area contributed by atoms with Gasteiger partial charge in [-0.3, -0.25) is 0 Å². The smallest absolute Gasteiger partial charge is 0.342 e. The Morgan fingerprint density at radius 2 is 2.07 bits per heavy atom. The first-order valence-corrected chi connectivity index (χ1v) is 4.36. The van der Waals surface area contributed by atoms with Gasteiger partial charge in [0.2, 0.25) is 5.95 Å². The van der Waals surface area contributed by atoms with E-state index in [1.807, 2.05) is 13.8 Å². The minimum Gasteiger partial charge on any atom is -0.465 e. The summed E-state index contributed by atoms with van der Waals surface area (Å²) < 4.78 is 17.3. The van der Waals surface area contributed by atoms with Crippen LogP contribution in [0.25, 0.3) is 0 Å². The number of pyridine rings is 1. The van der Waals surface area contributed by atoms with E-state index in [1.165, 1.54) is 13.3 Å². The van der Waals surface area contributed by atoms with Gasteiger partial charge < -0.3 is 4.74 Å². The van der Waals surface area contributed by atoms with Crippen molar-refractivity contribution in [2.45, 2.75) is 20.8 Å². The maximum Gasteiger partial charge on any atom is 0.342 e. The first kappa shape index (κ1) is 12.6. The van der Waals surface area contributed by atoms with Crippen molar-refractivity contribution in [2.75, 3.05) is 7.11 Å². The fourth-order valence-corrected chi connectivity index (χ4v) is 0.872. The number of hydrogen-bond acceptors (Lipinski definition) is 3. The zero-order valence-corrected chi connectivity index (χ0v) is 8.80. The fraction of sp³-hybridized carbons (Fsp3) is 0.400. The van der Waals surface area contributed by atoms with Gasteiger partial charge >= 0.3 is 5.97 Å². The molecule has 0 aliphatic carbocycles. The van der Waals surface area contributed by atoms with Gasteiger partial charge in [0.05, 0.1) is 7.11 Å². The maximum atomic E-state index is 12.9. The predicted molar refractivity (Wildman–Crippen MR) is 51.6 cm³/mol. The molecule has 0 saturated carbocycles. The van der Waals surface area contributed by atoms with Crippen LogP contribution in [0.4, 0.5) is 4.39 Å². The van der Waals surface area contributed by atoms with Crippen LogP contribution in [0.2, 0.25) is 0 Å². The van der Waals surface area contributed by atoms with Crippen LogP contribution in [-0.2, 0) is 4.74 Å². The molecule has 0 bridgehead atoms. The average molecular weight is 199 g/mol. The second-order valence-electron chi connectivity index (χ2n) is 2.29. The number of hydrogen-bond donors (Lipinski definition) is 0. The Labute approximate surface area is 82.9 Å². The van der Waals surface area contributed by atoms with E-state index >= 15 is 0 Å². The molecule has 1 rings (SSSR count). The van der Waals surface area contributed by atoms with E-state index < -0.39 is 11.9 Å². The van der Waals surface area contributed by atoms with Crippen LogP contribution in [-0.4, -0.2) is 18.1 Å². The van der Waals surface area contributed by atoms with Crippen molar-refractivity contribution < 1.29 is 13.9 Å². The normalized spacial score (nSPS) is 8.64. The zero-order chi connectivity index (χ0) is 11.1. The molecule has 0 unspecified atom stereocenters. The van der Waals surface area contributed by atoms with E-state index in [4.69, 9.17) is 0 Å². The quantitative estimate of drug-likeness (QED) is 0.514. The average Bonchev–Trinajstić information content (AvgIpc) is 2.20. The minimum atomic E-state index is -0.790. The number of carbonyl (C=O) groups excluding carboxylic acids is 1. The molecule has 0 aliphatic heterocycles. The third-order valence-electron chi connectivity index (χ3n) is 1.50. The van der Waals surface area contributed by atoms with Gasteiger partial charge in [-0.15, -0.1) is 0 Å². The van der Waals surface area contributed by atoms with Crippen LogP contribution < -0.4 is 0 Å². The Morgan fingerprint density at radius 1 is 1.50 bits per heavy atom. The fourth-order valence-electron chi connectivity index (χ4n) is 0.872. The summed E-state index contributed by atoms with van der Waals surface area (Å²) in [6.45, 7) is 5.62. The van der Waals surface area contributed by atoms with Crippen molar-refractivity contribution in [3.8, 4) is 0 Å². The van der Waals surface area contributed by atoms with Crippen molar-refractivity contribution >= 4 is 5.97 Å². The molecule has 1 aromatic heterocycles. The Morgan fingerprint density at radius 3 is 2.50 bits per heavy atom. The first-order valence-electron chi connectivity index (χ1n) is 4.36. The number of methoxy groups -OCH3 is 1. The summed E-state index contributed by atoms with van der Waals surface area (Å²) >= 11 is 0. The molecular formula is C10H14FNO2. The molecule has 0 saturated heterocycles. The van der Waals surface area contributed by atoms with Gasteiger partial charge in [0, 0.05) is 6.20 Å². The van der Waals surface area contributed by atoms with Crippen molar-refractivity contribution in [1.29, 1.82) is 0 Å². The number of aryl methyl sites for hydroxylation is 1. The Kier molecular flexibility index (Phi) is 5.44. The molecular weight excluding hydrogens is 185 g/mol. The molecule has 0 radical (unpaired) electrons. The topological polar surface area (TPSA) is 39.2 Å². The third kappa shape index (κ3) is 2.80. The van der Waals surface area contributed by atoms with Gasteiger partial charge in [-0.05, 0) is 18.6 Å². The molecule has 14 heavy (non-hydrogen) atoms.